The van der Waals surface area contributed by atoms with Crippen molar-refractivity contribution in [3.8, 4) is 0 Å². The second kappa shape index (κ2) is 6.42. The Hall–Kier alpha value is -1.11. The summed E-state index contributed by atoms with van der Waals surface area (Å²) in [5, 5.41) is 2.81. The van der Waals surface area contributed by atoms with Crippen molar-refractivity contribution in [2.24, 2.45) is 0 Å². The summed E-state index contributed by atoms with van der Waals surface area (Å²) in [5.41, 5.74) is 0.744. The van der Waals surface area contributed by atoms with E-state index in [0.717, 1.165) is 25.7 Å². The van der Waals surface area contributed by atoms with E-state index in [9.17, 15) is 4.79 Å². The number of carbonyl (C=O) groups excluding carboxylic acids is 1. The molecule has 5 nitrogen and oxygen atoms in total. The summed E-state index contributed by atoms with van der Waals surface area (Å²) in [6, 6.07) is 2.20. The van der Waals surface area contributed by atoms with Crippen LogP contribution in [0.4, 0.5) is 4.79 Å². The highest BCUT2D eigenvalue weighted by molar-refractivity contribution is 7.12. The van der Waals surface area contributed by atoms with Crippen LogP contribution in [0.2, 0.25) is 0 Å². The molecule has 3 rings (SSSR count). The van der Waals surface area contributed by atoms with Crippen molar-refractivity contribution in [2.75, 3.05) is 19.8 Å². The van der Waals surface area contributed by atoms with E-state index in [0.29, 0.717) is 19.8 Å². The minimum absolute atomic E-state index is 0.363. The monoisotopic (exact) mass is 339 g/mol. The molecule has 0 radical (unpaired) electrons. The Morgan fingerprint density at radius 1 is 1.39 bits per heavy atom. The summed E-state index contributed by atoms with van der Waals surface area (Å²) < 4.78 is 17.1. The van der Waals surface area contributed by atoms with Crippen LogP contribution < -0.4 is 5.32 Å². The molecule has 1 amide bonds. The van der Waals surface area contributed by atoms with Crippen molar-refractivity contribution in [1.82, 2.24) is 5.32 Å². The third-order valence-corrected chi connectivity index (χ3v) is 5.23. The molecule has 1 N–H and O–H groups in total. The molecule has 1 spiro atoms. The average Bonchev–Trinajstić information content (AvgIpc) is 3.05. The van der Waals surface area contributed by atoms with Gasteiger partial charge >= 0.3 is 6.09 Å². The first-order chi connectivity index (χ1) is 10.9. The van der Waals surface area contributed by atoms with Crippen LogP contribution in [0, 0.1) is 0 Å². The zero-order valence-corrected chi connectivity index (χ0v) is 14.9. The van der Waals surface area contributed by atoms with E-state index < -0.39 is 11.4 Å². The minimum atomic E-state index is -0.499. The topological polar surface area (TPSA) is 56.8 Å². The standard InChI is InChI=1S/C17H25NO4S/c1-16(2,3)22-15(19)18-8-6-12-11-13-14(23-12)5-4-7-17(13)20-9-10-21-17/h11H,4-10H2,1-3H3,(H,18,19). The third-order valence-electron chi connectivity index (χ3n) is 3.97. The average molecular weight is 339 g/mol. The third kappa shape index (κ3) is 3.87. The van der Waals surface area contributed by atoms with E-state index in [2.05, 4.69) is 11.4 Å². The second-order valence-electron chi connectivity index (χ2n) is 7.03. The lowest BCUT2D eigenvalue weighted by atomic mass is 9.92. The summed E-state index contributed by atoms with van der Waals surface area (Å²) in [6.07, 6.45) is 3.56. The largest absolute Gasteiger partial charge is 0.444 e. The molecule has 1 aromatic heterocycles. The zero-order valence-electron chi connectivity index (χ0n) is 14.1. The maximum Gasteiger partial charge on any atom is 0.407 e. The van der Waals surface area contributed by atoms with Gasteiger partial charge in [-0.3, -0.25) is 0 Å². The first-order valence-corrected chi connectivity index (χ1v) is 9.06. The first kappa shape index (κ1) is 16.7. The molecule has 0 bridgehead atoms. The molecule has 23 heavy (non-hydrogen) atoms. The highest BCUT2D eigenvalue weighted by Gasteiger charge is 2.43. The van der Waals surface area contributed by atoms with Gasteiger partial charge < -0.3 is 19.5 Å². The smallest absolute Gasteiger partial charge is 0.407 e. The molecule has 1 aromatic rings. The van der Waals surface area contributed by atoms with E-state index in [1.807, 2.05) is 32.1 Å². The van der Waals surface area contributed by atoms with E-state index in [1.54, 1.807) is 0 Å². The number of fused-ring (bicyclic) bond motifs is 2. The van der Waals surface area contributed by atoms with E-state index in [4.69, 9.17) is 14.2 Å². The normalized spacial score (nSPS) is 19.6. The molecule has 6 heteroatoms. The Kier molecular flexibility index (Phi) is 4.67. The lowest BCUT2D eigenvalue weighted by molar-refractivity contribution is -0.175. The number of amides is 1. The molecule has 1 saturated heterocycles. The van der Waals surface area contributed by atoms with Gasteiger partial charge in [-0.2, -0.15) is 0 Å². The molecule has 0 atom stereocenters. The van der Waals surface area contributed by atoms with Gasteiger partial charge in [0.15, 0.2) is 5.79 Å². The molecule has 1 aliphatic heterocycles. The number of aryl methyl sites for hydroxylation is 1. The van der Waals surface area contributed by atoms with Crippen LogP contribution in [0.1, 0.15) is 48.9 Å². The Morgan fingerprint density at radius 3 is 2.83 bits per heavy atom. The number of ether oxygens (including phenoxy) is 3. The Balaban J connectivity index is 1.58. The number of nitrogens with one attached hydrogen (secondary N) is 1. The number of hydrogen-bond acceptors (Lipinski definition) is 5. The van der Waals surface area contributed by atoms with Crippen molar-refractivity contribution >= 4 is 17.4 Å². The van der Waals surface area contributed by atoms with Crippen LogP contribution in [-0.4, -0.2) is 31.5 Å². The Morgan fingerprint density at radius 2 is 2.13 bits per heavy atom. The summed E-state index contributed by atoms with van der Waals surface area (Å²) in [4.78, 5) is 14.3. The summed E-state index contributed by atoms with van der Waals surface area (Å²) in [6.45, 7) is 7.50. The fraction of sp³-hybridized carbons (Fsp3) is 0.706. The Bertz CT molecular complexity index is 570. The van der Waals surface area contributed by atoms with Crippen LogP contribution in [0.3, 0.4) is 0 Å². The summed E-state index contributed by atoms with van der Waals surface area (Å²) in [7, 11) is 0. The van der Waals surface area contributed by atoms with Gasteiger partial charge in [-0.1, -0.05) is 0 Å². The highest BCUT2D eigenvalue weighted by atomic mass is 32.1. The van der Waals surface area contributed by atoms with Gasteiger partial charge in [0, 0.05) is 28.3 Å². The van der Waals surface area contributed by atoms with Crippen molar-refractivity contribution < 1.29 is 19.0 Å². The van der Waals surface area contributed by atoms with E-state index in [-0.39, 0.29) is 6.09 Å². The molecule has 0 unspecified atom stereocenters. The van der Waals surface area contributed by atoms with Crippen molar-refractivity contribution in [1.29, 1.82) is 0 Å². The number of rotatable bonds is 3. The van der Waals surface area contributed by atoms with E-state index in [1.165, 1.54) is 15.3 Å². The van der Waals surface area contributed by atoms with Gasteiger partial charge in [0.05, 0.1) is 13.2 Å². The molecule has 1 aliphatic carbocycles. The van der Waals surface area contributed by atoms with Crippen LogP contribution in [0.15, 0.2) is 6.07 Å². The van der Waals surface area contributed by atoms with Gasteiger partial charge in [0.2, 0.25) is 0 Å². The van der Waals surface area contributed by atoms with Crippen molar-refractivity contribution in [3.05, 3.63) is 21.4 Å². The number of hydrogen-bond donors (Lipinski definition) is 1. The van der Waals surface area contributed by atoms with Gasteiger partial charge in [0.1, 0.15) is 5.60 Å². The van der Waals surface area contributed by atoms with Gasteiger partial charge in [-0.25, -0.2) is 4.79 Å². The quantitative estimate of drug-likeness (QED) is 0.917. The van der Waals surface area contributed by atoms with Gasteiger partial charge in [0.25, 0.3) is 0 Å². The van der Waals surface area contributed by atoms with E-state index >= 15 is 0 Å². The van der Waals surface area contributed by atoms with Crippen LogP contribution in [0.5, 0.6) is 0 Å². The molecule has 128 valence electrons. The van der Waals surface area contributed by atoms with Crippen molar-refractivity contribution in [2.45, 2.75) is 57.8 Å². The number of alkyl carbamates (subject to hydrolysis) is 1. The Labute approximate surface area is 141 Å². The maximum absolute atomic E-state index is 11.7. The van der Waals surface area contributed by atoms with Gasteiger partial charge in [-0.15, -0.1) is 11.3 Å². The molecular weight excluding hydrogens is 314 g/mol. The molecule has 2 heterocycles. The lowest BCUT2D eigenvalue weighted by Crippen LogP contribution is -2.33. The summed E-state index contributed by atoms with van der Waals surface area (Å²) >= 11 is 1.81. The summed E-state index contributed by atoms with van der Waals surface area (Å²) in [5.74, 6) is -0.499. The SMILES string of the molecule is CC(C)(C)OC(=O)NCCc1cc2c(s1)CCCC21OCCO1. The predicted octanol–water partition coefficient (Wildman–Crippen LogP) is 3.35. The molecule has 0 saturated carbocycles. The first-order valence-electron chi connectivity index (χ1n) is 8.25. The fourth-order valence-corrected chi connectivity index (χ4v) is 4.36. The number of thiophene rings is 1. The molecule has 2 aliphatic rings. The molecular formula is C17H25NO4S. The van der Waals surface area contributed by atoms with Crippen molar-refractivity contribution in [3.63, 3.8) is 0 Å². The predicted molar refractivity (Wildman–Crippen MR) is 88.8 cm³/mol. The molecule has 0 aromatic carbocycles. The van der Waals surface area contributed by atoms with Crippen LogP contribution in [-0.2, 0) is 32.8 Å². The highest BCUT2D eigenvalue weighted by Crippen LogP contribution is 2.45. The minimum Gasteiger partial charge on any atom is -0.444 e. The zero-order chi connectivity index (χ0) is 16.5. The number of carbonyl (C=O) groups is 1. The fourth-order valence-electron chi connectivity index (χ4n) is 3.09. The second-order valence-corrected chi connectivity index (χ2v) is 8.25. The van der Waals surface area contributed by atoms with Gasteiger partial charge in [-0.05, 0) is 46.1 Å². The maximum atomic E-state index is 11.7. The van der Waals surface area contributed by atoms with Crippen LogP contribution in [0.25, 0.3) is 0 Å². The van der Waals surface area contributed by atoms with Crippen LogP contribution >= 0.6 is 11.3 Å². The lowest BCUT2D eigenvalue weighted by Gasteiger charge is -2.31. The molecule has 1 fully saturated rings.